The predicted molar refractivity (Wildman–Crippen MR) is 396 cm³/mol. The van der Waals surface area contributed by atoms with Gasteiger partial charge in [0.1, 0.15) is 54.1 Å². The van der Waals surface area contributed by atoms with Crippen LogP contribution in [-0.2, 0) is 10.8 Å². The number of para-hydroxylation sites is 3. The van der Waals surface area contributed by atoms with Crippen molar-refractivity contribution < 1.29 is 9.15 Å². The minimum Gasteiger partial charge on any atom is -0.458 e. The topological polar surface area (TPSA) is 59.3 Å². The van der Waals surface area contributed by atoms with Gasteiger partial charge >= 0.3 is 0 Å². The first kappa shape index (κ1) is 55.5. The summed E-state index contributed by atoms with van der Waals surface area (Å²) in [6.45, 7) is 13.3. The average molecular weight is 1200 g/mol. The first-order valence-electron chi connectivity index (χ1n) is 31.5. The number of benzene rings is 12. The lowest BCUT2D eigenvalue weighted by molar-refractivity contribution is 0.487. The fourth-order valence-corrected chi connectivity index (χ4v) is 16.4. The van der Waals surface area contributed by atoms with Gasteiger partial charge in [-0.15, -0.1) is 22.3 Å². The number of nitrogens with zero attached hydrogens (tertiary/aromatic N) is 4. The molecule has 12 heteroatoms. The third kappa shape index (κ3) is 8.06. The van der Waals surface area contributed by atoms with Gasteiger partial charge in [-0.2, -0.15) is 5.26 Å². The number of anilines is 3. The fourth-order valence-electron chi connectivity index (χ4n) is 15.2. The van der Waals surface area contributed by atoms with Crippen LogP contribution in [0.1, 0.15) is 58.2 Å². The number of hydrogen-bond donors (Lipinski definition) is 0. The predicted octanol–water partition coefficient (Wildman–Crippen LogP) is 15.5. The Morgan fingerprint density at radius 2 is 1.13 bits per heavy atom. The number of nitriles is 1. The number of ether oxygens (including phenoxy) is 1. The molecule has 0 fully saturated rings. The summed E-state index contributed by atoms with van der Waals surface area (Å²) in [5.74, 6) is 1.50. The van der Waals surface area contributed by atoms with Crippen LogP contribution < -0.4 is 47.9 Å². The largest absolute Gasteiger partial charge is 0.458 e. The van der Waals surface area contributed by atoms with Crippen LogP contribution in [0.15, 0.2) is 217 Å². The van der Waals surface area contributed by atoms with Crippen LogP contribution in [0.2, 0.25) is 0 Å². The molecule has 0 saturated heterocycles. The highest BCUT2D eigenvalue weighted by molar-refractivity contribution is 7.26. The number of furan rings is 1. The Labute approximate surface area is 548 Å². The molecule has 6 nitrogen and oxygen atoms in total. The Morgan fingerprint density at radius 1 is 0.452 bits per heavy atom. The summed E-state index contributed by atoms with van der Waals surface area (Å²) in [5.41, 5.74) is 20.9. The maximum absolute atomic E-state index is 10.3. The van der Waals surface area contributed by atoms with Crippen LogP contribution in [0, 0.1) is 11.3 Å². The van der Waals surface area contributed by atoms with Gasteiger partial charge in [-0.05, 0) is 146 Å². The minimum atomic E-state index is -0.317. The van der Waals surface area contributed by atoms with E-state index < -0.39 is 0 Å². The van der Waals surface area contributed by atoms with Gasteiger partial charge in [-0.1, -0.05) is 168 Å². The third-order valence-electron chi connectivity index (χ3n) is 19.8. The Hall–Kier alpha value is -10.3. The van der Waals surface area contributed by atoms with E-state index in [4.69, 9.17) is 40.5 Å². The van der Waals surface area contributed by atoms with E-state index in [-0.39, 0.29) is 28.5 Å². The van der Waals surface area contributed by atoms with E-state index in [9.17, 15) is 5.26 Å². The standard InChI is InChI=1S/C81H53B5N4O2S/c1-80(2,3)46-25-32-61(55(38-46)44-15-8-7-9-16-44)90-63-40-48(89-62-31-23-43(42-87)35-56(62)72-73(82)74(83)75(84)76(85)78(72)89)26-29-57(63)86-58-30-27-49(88-59-21-12-10-17-51(59)52-18-11-13-22-60(52)88)41-66(58)91-67-37-45(36-64(90)77(67)86)50-19-14-20-54-70-65(92-79(50)54)33-34-68-71(70)53-28-24-47(81(4,5)6)39-69(53)93-68/h7-41H,1-6H3. The number of aromatic nitrogens is 2. The second-order valence-electron chi connectivity index (χ2n) is 27.2. The monoisotopic (exact) mass is 1200 g/mol. The molecule has 0 saturated carbocycles. The first-order chi connectivity index (χ1) is 45.0. The average Bonchev–Trinajstić information content (AvgIpc) is 1.22. The molecular formula is C81H53B5N4O2S. The Balaban J connectivity index is 0.946. The van der Waals surface area contributed by atoms with Crippen LogP contribution in [0.25, 0.3) is 119 Å². The van der Waals surface area contributed by atoms with Crippen LogP contribution in [-0.4, -0.2) is 47.2 Å². The lowest BCUT2D eigenvalue weighted by atomic mass is 9.34. The summed E-state index contributed by atoms with van der Waals surface area (Å²) in [5, 5.41) is 18.6. The molecule has 430 valence electrons. The highest BCUT2D eigenvalue weighted by Gasteiger charge is 2.44. The molecule has 2 aliphatic heterocycles. The molecule has 18 rings (SSSR count). The molecule has 0 unspecified atom stereocenters. The third-order valence-corrected chi connectivity index (χ3v) is 20.9. The number of thiophene rings is 1. The zero-order chi connectivity index (χ0) is 63.2. The molecule has 8 radical (unpaired) electrons. The van der Waals surface area contributed by atoms with Crippen molar-refractivity contribution in [2.75, 3.05) is 4.90 Å². The van der Waals surface area contributed by atoms with Gasteiger partial charge in [0.2, 0.25) is 0 Å². The minimum absolute atomic E-state index is 0.00888. The van der Waals surface area contributed by atoms with Crippen molar-refractivity contribution in [3.05, 3.63) is 229 Å². The van der Waals surface area contributed by atoms with Crippen molar-refractivity contribution in [1.82, 2.24) is 9.13 Å². The van der Waals surface area contributed by atoms with Crippen molar-refractivity contribution in [1.29, 1.82) is 5.26 Å². The maximum Gasteiger partial charge on any atom is 0.256 e. The lowest BCUT2D eigenvalue weighted by Crippen LogP contribution is -2.59. The van der Waals surface area contributed by atoms with Gasteiger partial charge in [0, 0.05) is 92.6 Å². The van der Waals surface area contributed by atoms with Crippen LogP contribution in [0.3, 0.4) is 0 Å². The summed E-state index contributed by atoms with van der Waals surface area (Å²) in [6.07, 6.45) is 0. The molecule has 2 aliphatic rings. The second kappa shape index (κ2) is 19.8. The molecular weight excluding hydrogens is 1150 g/mol. The molecule has 6 heterocycles. The summed E-state index contributed by atoms with van der Waals surface area (Å²) >= 11 is 1.84. The van der Waals surface area contributed by atoms with E-state index in [0.717, 1.165) is 122 Å². The Bertz CT molecular complexity index is 5980. The number of rotatable bonds is 5. The van der Waals surface area contributed by atoms with E-state index in [1.807, 2.05) is 29.5 Å². The SMILES string of the molecule is [B]c1c([B])c([B])c2c(c1[B])c1cc(C#N)ccc1n2-c1ccc2c(c1)N(c1ccc(C(C)(C)C)cc1-c1ccccc1)c1cc(-c3cccc4c3oc3ccc5sc6cc(C(C)(C)C)ccc6c5c34)cc3c1B2c1ccc(-n2c4ccccc4c4ccccc42)cc1O3. The smallest absolute Gasteiger partial charge is 0.256 e. The highest BCUT2D eigenvalue weighted by atomic mass is 32.1. The molecule has 0 bridgehead atoms. The van der Waals surface area contributed by atoms with Crippen molar-refractivity contribution in [3.63, 3.8) is 0 Å². The van der Waals surface area contributed by atoms with Crippen LogP contribution in [0.4, 0.5) is 17.1 Å². The van der Waals surface area contributed by atoms with E-state index in [0.29, 0.717) is 27.4 Å². The molecule has 4 aromatic heterocycles. The van der Waals surface area contributed by atoms with Crippen molar-refractivity contribution in [2.45, 2.75) is 52.4 Å². The zero-order valence-electron chi connectivity index (χ0n) is 52.1. The molecule has 93 heavy (non-hydrogen) atoms. The molecule has 0 aliphatic carbocycles. The molecule has 12 aromatic carbocycles. The molecule has 0 atom stereocenters. The van der Waals surface area contributed by atoms with Crippen LogP contribution in [0.5, 0.6) is 11.5 Å². The van der Waals surface area contributed by atoms with Crippen molar-refractivity contribution in [3.8, 4) is 51.2 Å². The van der Waals surface area contributed by atoms with Gasteiger partial charge in [-0.25, -0.2) is 0 Å². The van der Waals surface area contributed by atoms with Crippen molar-refractivity contribution >= 4 is 190 Å². The fraction of sp³-hybridized carbons (Fsp3) is 0.0988. The Morgan fingerprint density at radius 3 is 1.88 bits per heavy atom. The molecule has 0 spiro atoms. The summed E-state index contributed by atoms with van der Waals surface area (Å²) < 4.78 is 21.8. The quantitative estimate of drug-likeness (QED) is 0.161. The van der Waals surface area contributed by atoms with Gasteiger partial charge in [0.25, 0.3) is 6.71 Å². The molecule has 0 amide bonds. The second-order valence-corrected chi connectivity index (χ2v) is 28.3. The number of fused-ring (bicyclic) bond motifs is 17. The van der Waals surface area contributed by atoms with Gasteiger partial charge in [0.15, 0.2) is 0 Å². The Kier molecular flexibility index (Phi) is 11.8. The van der Waals surface area contributed by atoms with Gasteiger partial charge < -0.3 is 23.2 Å². The lowest BCUT2D eigenvalue weighted by Gasteiger charge is -2.41. The van der Waals surface area contributed by atoms with E-state index in [2.05, 4.69) is 256 Å². The van der Waals surface area contributed by atoms with Gasteiger partial charge in [-0.3, -0.25) is 0 Å². The van der Waals surface area contributed by atoms with E-state index in [1.54, 1.807) is 0 Å². The highest BCUT2D eigenvalue weighted by Crippen LogP contribution is 2.51. The first-order valence-corrected chi connectivity index (χ1v) is 32.4. The molecule has 0 N–H and O–H groups in total. The summed E-state index contributed by atoms with van der Waals surface area (Å²) in [7, 11) is 27.7. The normalized spacial score (nSPS) is 13.0. The number of hydrogen-bond acceptors (Lipinski definition) is 5. The van der Waals surface area contributed by atoms with Crippen molar-refractivity contribution in [2.24, 2.45) is 0 Å². The maximum atomic E-state index is 10.3. The van der Waals surface area contributed by atoms with E-state index in [1.165, 1.54) is 42.1 Å². The zero-order valence-corrected chi connectivity index (χ0v) is 52.9. The summed E-state index contributed by atoms with van der Waals surface area (Å²) in [6, 6.07) is 78.8. The molecule has 16 aromatic rings. The van der Waals surface area contributed by atoms with Gasteiger partial charge in [0.05, 0.1) is 33.9 Å². The summed E-state index contributed by atoms with van der Waals surface area (Å²) in [4.78, 5) is 2.45. The van der Waals surface area contributed by atoms with E-state index >= 15 is 0 Å². The van der Waals surface area contributed by atoms with Crippen LogP contribution >= 0.6 is 11.3 Å².